The van der Waals surface area contributed by atoms with Gasteiger partial charge in [-0.25, -0.2) is 0 Å². The van der Waals surface area contributed by atoms with Gasteiger partial charge < -0.3 is 24.4 Å². The number of carbonyl (C=O) groups excluding carboxylic acids is 3. The number of hydrogen-bond acceptors (Lipinski definition) is 7. The lowest BCUT2D eigenvalue weighted by atomic mass is 10.1. The highest BCUT2D eigenvalue weighted by Gasteiger charge is 2.34. The molecule has 10 heteroatoms. The molecule has 1 unspecified atom stereocenters. The van der Waals surface area contributed by atoms with Crippen LogP contribution < -0.4 is 15.4 Å². The van der Waals surface area contributed by atoms with E-state index in [2.05, 4.69) is 10.6 Å². The van der Waals surface area contributed by atoms with Gasteiger partial charge in [0.2, 0.25) is 5.91 Å². The lowest BCUT2D eigenvalue weighted by Crippen LogP contribution is -2.60. The van der Waals surface area contributed by atoms with Crippen LogP contribution in [0.3, 0.4) is 0 Å². The quantitative estimate of drug-likeness (QED) is 0.333. The average Bonchev–Trinajstić information content (AvgIpc) is 2.74. The Morgan fingerprint density at radius 2 is 1.97 bits per heavy atom. The van der Waals surface area contributed by atoms with Gasteiger partial charge >= 0.3 is 5.97 Å². The minimum absolute atomic E-state index is 0.0866. The van der Waals surface area contributed by atoms with E-state index in [-0.39, 0.29) is 17.4 Å². The summed E-state index contributed by atoms with van der Waals surface area (Å²) in [7, 11) is 1.59. The second-order valence-electron chi connectivity index (χ2n) is 6.55. The summed E-state index contributed by atoms with van der Waals surface area (Å²) in [5, 5.41) is 5.42. The SMILES string of the molecule is CCCOC(=O)CC1C(=O)NCCN1C(=S)NC(=O)c1ccc(OCCOC)cc1. The molecule has 1 aliphatic heterocycles. The first-order valence-corrected chi connectivity index (χ1v) is 10.1. The van der Waals surface area contributed by atoms with E-state index in [1.54, 1.807) is 36.3 Å². The van der Waals surface area contributed by atoms with Crippen LogP contribution in [0.2, 0.25) is 0 Å². The van der Waals surface area contributed by atoms with Crippen LogP contribution in [-0.4, -0.2) is 73.9 Å². The van der Waals surface area contributed by atoms with E-state index >= 15 is 0 Å². The molecule has 2 N–H and O–H groups in total. The van der Waals surface area contributed by atoms with E-state index in [4.69, 9.17) is 26.4 Å². The van der Waals surface area contributed by atoms with Gasteiger partial charge in [-0.15, -0.1) is 0 Å². The first-order valence-electron chi connectivity index (χ1n) is 9.73. The number of nitrogens with one attached hydrogen (secondary N) is 2. The summed E-state index contributed by atoms with van der Waals surface area (Å²) >= 11 is 5.34. The number of methoxy groups -OCH3 is 1. The van der Waals surface area contributed by atoms with Crippen molar-refractivity contribution in [1.29, 1.82) is 0 Å². The Morgan fingerprint density at radius 3 is 2.63 bits per heavy atom. The number of carbonyl (C=O) groups is 3. The number of ether oxygens (including phenoxy) is 3. The molecule has 0 aliphatic carbocycles. The zero-order chi connectivity index (χ0) is 21.9. The number of rotatable bonds is 9. The van der Waals surface area contributed by atoms with Gasteiger partial charge in [0.1, 0.15) is 18.4 Å². The van der Waals surface area contributed by atoms with E-state index in [0.717, 1.165) is 0 Å². The number of benzene rings is 1. The first-order chi connectivity index (χ1) is 14.5. The Labute approximate surface area is 181 Å². The molecule has 0 radical (unpaired) electrons. The van der Waals surface area contributed by atoms with Crippen molar-refractivity contribution < 1.29 is 28.6 Å². The molecule has 0 bridgehead atoms. The third kappa shape index (κ3) is 6.96. The Morgan fingerprint density at radius 1 is 1.23 bits per heavy atom. The summed E-state index contributed by atoms with van der Waals surface area (Å²) in [4.78, 5) is 38.3. The molecule has 2 rings (SSSR count). The maximum absolute atomic E-state index is 12.5. The minimum atomic E-state index is -0.826. The van der Waals surface area contributed by atoms with Gasteiger partial charge in [-0.05, 0) is 42.9 Å². The zero-order valence-corrected chi connectivity index (χ0v) is 18.0. The van der Waals surface area contributed by atoms with E-state index in [9.17, 15) is 14.4 Å². The van der Waals surface area contributed by atoms with Crippen LogP contribution in [0.15, 0.2) is 24.3 Å². The van der Waals surface area contributed by atoms with Gasteiger partial charge in [-0.2, -0.15) is 0 Å². The van der Waals surface area contributed by atoms with Crippen molar-refractivity contribution in [3.63, 3.8) is 0 Å². The van der Waals surface area contributed by atoms with Crippen LogP contribution in [0, 0.1) is 0 Å². The fourth-order valence-corrected chi connectivity index (χ4v) is 3.09. The average molecular weight is 438 g/mol. The minimum Gasteiger partial charge on any atom is -0.491 e. The van der Waals surface area contributed by atoms with Crippen molar-refractivity contribution in [2.24, 2.45) is 0 Å². The van der Waals surface area contributed by atoms with Gasteiger partial charge in [0.25, 0.3) is 5.91 Å². The summed E-state index contributed by atoms with van der Waals surface area (Å²) in [5.41, 5.74) is 0.386. The van der Waals surface area contributed by atoms with Gasteiger partial charge in [-0.1, -0.05) is 6.92 Å². The largest absolute Gasteiger partial charge is 0.491 e. The van der Waals surface area contributed by atoms with Gasteiger partial charge in [0.05, 0.1) is 19.6 Å². The van der Waals surface area contributed by atoms with Crippen molar-refractivity contribution in [2.45, 2.75) is 25.8 Å². The molecule has 1 aromatic rings. The molecule has 1 saturated heterocycles. The number of piperazine rings is 1. The molecule has 164 valence electrons. The van der Waals surface area contributed by atoms with Crippen LogP contribution in [0.25, 0.3) is 0 Å². The fraction of sp³-hybridized carbons (Fsp3) is 0.500. The summed E-state index contributed by atoms with van der Waals surface area (Å²) in [6, 6.07) is 5.75. The van der Waals surface area contributed by atoms with Crippen LogP contribution >= 0.6 is 12.2 Å². The topological polar surface area (TPSA) is 106 Å². The molecule has 1 fully saturated rings. The molecular weight excluding hydrogens is 410 g/mol. The molecule has 1 atom stereocenters. The number of thiocarbonyl (C=S) groups is 1. The lowest BCUT2D eigenvalue weighted by molar-refractivity contribution is -0.147. The molecule has 30 heavy (non-hydrogen) atoms. The summed E-state index contributed by atoms with van der Waals surface area (Å²) in [6.07, 6.45) is 0.548. The van der Waals surface area contributed by atoms with E-state index in [0.29, 0.717) is 50.6 Å². The predicted octanol–water partition coefficient (Wildman–Crippen LogP) is 0.870. The standard InChI is InChI=1S/C20H27N3O6S/c1-3-10-29-17(24)13-16-19(26)21-8-9-23(16)20(30)22-18(25)14-4-6-15(7-5-14)28-12-11-27-2/h4-7,16H,3,8-13H2,1-2H3,(H,21,26)(H,22,25,30). The van der Waals surface area contributed by atoms with E-state index in [1.807, 2.05) is 6.92 Å². The number of hydrogen-bond donors (Lipinski definition) is 2. The Balaban J connectivity index is 1.97. The molecule has 0 spiro atoms. The maximum Gasteiger partial charge on any atom is 0.308 e. The molecule has 1 aromatic carbocycles. The second-order valence-corrected chi connectivity index (χ2v) is 6.94. The molecule has 2 amide bonds. The summed E-state index contributed by atoms with van der Waals surface area (Å²) in [5.74, 6) is -0.614. The molecule has 9 nitrogen and oxygen atoms in total. The normalized spacial score (nSPS) is 15.9. The lowest BCUT2D eigenvalue weighted by Gasteiger charge is -2.36. The zero-order valence-electron chi connectivity index (χ0n) is 17.1. The number of esters is 1. The van der Waals surface area contributed by atoms with Crippen molar-refractivity contribution in [3.05, 3.63) is 29.8 Å². The van der Waals surface area contributed by atoms with Crippen molar-refractivity contribution >= 4 is 35.1 Å². The van der Waals surface area contributed by atoms with E-state index in [1.165, 1.54) is 0 Å². The molecule has 1 heterocycles. The molecular formula is C20H27N3O6S. The highest BCUT2D eigenvalue weighted by molar-refractivity contribution is 7.80. The molecule has 1 aliphatic rings. The van der Waals surface area contributed by atoms with Crippen LogP contribution in [0.5, 0.6) is 5.75 Å². The highest BCUT2D eigenvalue weighted by atomic mass is 32.1. The number of amides is 2. The van der Waals surface area contributed by atoms with Crippen LogP contribution in [0.4, 0.5) is 0 Å². The number of nitrogens with zero attached hydrogens (tertiary/aromatic N) is 1. The van der Waals surface area contributed by atoms with Gasteiger partial charge in [-0.3, -0.25) is 19.7 Å². The fourth-order valence-electron chi connectivity index (χ4n) is 2.78. The monoisotopic (exact) mass is 437 g/mol. The smallest absolute Gasteiger partial charge is 0.308 e. The van der Waals surface area contributed by atoms with E-state index < -0.39 is 17.9 Å². The van der Waals surface area contributed by atoms with Gasteiger partial charge in [0.15, 0.2) is 5.11 Å². The molecule has 0 saturated carbocycles. The van der Waals surface area contributed by atoms with Crippen molar-refractivity contribution in [1.82, 2.24) is 15.5 Å². The van der Waals surface area contributed by atoms with Crippen molar-refractivity contribution in [3.8, 4) is 5.75 Å². The highest BCUT2D eigenvalue weighted by Crippen LogP contribution is 2.14. The Bertz CT molecular complexity index is 755. The van der Waals surface area contributed by atoms with Crippen LogP contribution in [0.1, 0.15) is 30.1 Å². The Hall–Kier alpha value is -2.72. The predicted molar refractivity (Wildman–Crippen MR) is 113 cm³/mol. The first kappa shape index (κ1) is 23.6. The molecule has 0 aromatic heterocycles. The summed E-state index contributed by atoms with van der Waals surface area (Å²) < 4.78 is 15.5. The third-order valence-electron chi connectivity index (χ3n) is 4.31. The Kier molecular flexibility index (Phi) is 9.49. The van der Waals surface area contributed by atoms with Crippen molar-refractivity contribution in [2.75, 3.05) is 40.0 Å². The maximum atomic E-state index is 12.5. The van der Waals surface area contributed by atoms with Crippen LogP contribution in [-0.2, 0) is 19.1 Å². The third-order valence-corrected chi connectivity index (χ3v) is 4.65. The summed E-state index contributed by atoms with van der Waals surface area (Å²) in [6.45, 7) is 3.79. The van der Waals surface area contributed by atoms with Gasteiger partial charge in [0, 0.05) is 25.8 Å². The second kappa shape index (κ2) is 12.1.